The van der Waals surface area contributed by atoms with E-state index in [0.29, 0.717) is 37.1 Å². The van der Waals surface area contributed by atoms with Gasteiger partial charge in [-0.15, -0.1) is 0 Å². The molecule has 29 heteroatoms. The Morgan fingerprint density at radius 3 is 1.76 bits per heavy atom. The van der Waals surface area contributed by atoms with Gasteiger partial charge in [0.15, 0.2) is 5.96 Å². The van der Waals surface area contributed by atoms with E-state index in [9.17, 15) is 63.3 Å². The fraction of sp³-hybridized carbons (Fsp3) is 0.556. The molecule has 2 rings (SSSR count). The van der Waals surface area contributed by atoms with E-state index in [1.165, 1.54) is 43.7 Å². The molecule has 21 N–H and O–H groups in total. The zero-order chi connectivity index (χ0) is 55.5. The lowest BCUT2D eigenvalue weighted by molar-refractivity contribution is -0.139. The largest absolute Gasteiger partial charge is 0.508 e. The second-order valence-electron chi connectivity index (χ2n) is 17.5. The summed E-state index contributed by atoms with van der Waals surface area (Å²) < 4.78 is 0. The Morgan fingerprint density at radius 1 is 0.649 bits per heavy atom. The van der Waals surface area contributed by atoms with Gasteiger partial charge < -0.3 is 90.9 Å². The summed E-state index contributed by atoms with van der Waals surface area (Å²) in [5.74, 6) is -11.3. The van der Waals surface area contributed by atoms with E-state index < -0.39 is 139 Å². The third kappa shape index (κ3) is 23.1. The van der Waals surface area contributed by atoms with Crippen LogP contribution in [0, 0.1) is 5.92 Å². The molecule has 0 bridgehead atoms. The first-order chi connectivity index (χ1) is 34.9. The van der Waals surface area contributed by atoms with Crippen LogP contribution in [0.5, 0.6) is 5.75 Å². The number of nitrogens with one attached hydrogen (secondary N) is 9. The Hall–Kier alpha value is -7.92. The van der Waals surface area contributed by atoms with Crippen LogP contribution in [0.3, 0.4) is 0 Å². The molecule has 29 nitrogen and oxygen atoms in total. The minimum atomic E-state index is -1.87. The number of aliphatic imine (C=N–C) groups is 1. The van der Waals surface area contributed by atoms with Gasteiger partial charge in [-0.05, 0) is 69.2 Å². The highest BCUT2D eigenvalue weighted by Gasteiger charge is 2.35. The van der Waals surface area contributed by atoms with Gasteiger partial charge in [0.2, 0.25) is 47.3 Å². The Balaban J connectivity index is 2.42. The molecule has 0 saturated heterocycles. The topological polar surface area (TPSA) is 493 Å². The molecule has 410 valence electrons. The van der Waals surface area contributed by atoms with E-state index in [1.807, 2.05) is 0 Å². The minimum Gasteiger partial charge on any atom is -0.508 e. The number of aromatic amines is 1. The van der Waals surface area contributed by atoms with Gasteiger partial charge >= 0.3 is 11.9 Å². The number of hydrogen-bond donors (Lipinski definition) is 17. The summed E-state index contributed by atoms with van der Waals surface area (Å²) in [5.41, 5.74) is 23.1. The van der Waals surface area contributed by atoms with E-state index in [2.05, 4.69) is 57.5 Å². The number of phenolic OH excluding ortho intramolecular Hbond substituents is 1. The van der Waals surface area contributed by atoms with Crippen molar-refractivity contribution in [1.82, 2.24) is 52.5 Å². The summed E-state index contributed by atoms with van der Waals surface area (Å²) in [6.45, 7) is 3.00. The molecular formula is C45H71N15O14. The number of aliphatic carboxylic acids is 2. The van der Waals surface area contributed by atoms with E-state index in [4.69, 9.17) is 28.0 Å². The van der Waals surface area contributed by atoms with Gasteiger partial charge in [0.05, 0.1) is 19.0 Å². The van der Waals surface area contributed by atoms with Crippen LogP contribution < -0.4 is 65.5 Å². The van der Waals surface area contributed by atoms with Crippen LogP contribution in [0.15, 0.2) is 41.8 Å². The number of aromatic hydroxyl groups is 1. The normalized spacial score (nSPS) is 14.2. The summed E-state index contributed by atoms with van der Waals surface area (Å²) in [7, 11) is 0. The van der Waals surface area contributed by atoms with Crippen LogP contribution >= 0.6 is 0 Å². The smallest absolute Gasteiger partial charge is 0.322 e. The molecule has 0 aliphatic carbocycles. The van der Waals surface area contributed by atoms with E-state index in [-0.39, 0.29) is 43.9 Å². The monoisotopic (exact) mass is 1050 g/mol. The molecule has 0 unspecified atom stereocenters. The quantitative estimate of drug-likeness (QED) is 0.0177. The summed E-state index contributed by atoms with van der Waals surface area (Å²) in [5, 5.41) is 58.2. The molecule has 8 amide bonds. The average Bonchev–Trinajstić information content (AvgIpc) is 3.86. The number of aliphatic hydroxyl groups excluding tert-OH is 1. The predicted octanol–water partition coefficient (Wildman–Crippen LogP) is -5.46. The van der Waals surface area contributed by atoms with Gasteiger partial charge in [-0.2, -0.15) is 0 Å². The molecule has 0 spiro atoms. The Kier molecular flexibility index (Phi) is 27.1. The van der Waals surface area contributed by atoms with E-state index in [1.54, 1.807) is 13.8 Å². The maximum absolute atomic E-state index is 14.1. The Morgan fingerprint density at radius 2 is 1.20 bits per heavy atom. The van der Waals surface area contributed by atoms with Crippen molar-refractivity contribution in [3.63, 3.8) is 0 Å². The third-order valence-electron chi connectivity index (χ3n) is 11.0. The van der Waals surface area contributed by atoms with Gasteiger partial charge in [0.25, 0.3) is 0 Å². The lowest BCUT2D eigenvalue weighted by atomic mass is 10.0. The van der Waals surface area contributed by atoms with Crippen molar-refractivity contribution < 1.29 is 68.4 Å². The molecule has 1 heterocycles. The molecule has 74 heavy (non-hydrogen) atoms. The number of aliphatic hydroxyl groups is 1. The number of hydrogen-bond acceptors (Lipinski definition) is 16. The molecular weight excluding hydrogens is 975 g/mol. The fourth-order valence-electron chi connectivity index (χ4n) is 6.88. The SMILES string of the molecule is CC(C)[C@H](NC(=O)[C@H](CCCN=C(N)N)NC(=O)[C@H](CCC(=O)O)NC(=O)[C@H](CO)NC(=O)[C@H](Cc1ccc(O)cc1)NC(=O)[C@H](Cc1cnc[nH]1)NC(=O)[C@H](C)NC(=O)[C@@H](N)CCCCN)C(=O)NCC(=O)O. The number of imidazole rings is 1. The molecule has 0 aliphatic rings. The molecule has 8 atom stereocenters. The summed E-state index contributed by atoms with van der Waals surface area (Å²) >= 11 is 0. The number of carboxylic acid groups (broad SMARTS) is 2. The highest BCUT2D eigenvalue weighted by Crippen LogP contribution is 2.13. The van der Waals surface area contributed by atoms with Gasteiger partial charge in [-0.25, -0.2) is 4.98 Å². The van der Waals surface area contributed by atoms with Crippen LogP contribution in [-0.4, -0.2) is 170 Å². The van der Waals surface area contributed by atoms with Crippen molar-refractivity contribution in [2.45, 2.75) is 127 Å². The van der Waals surface area contributed by atoms with Crippen molar-refractivity contribution in [3.05, 3.63) is 48.0 Å². The van der Waals surface area contributed by atoms with Crippen molar-refractivity contribution in [1.29, 1.82) is 0 Å². The first-order valence-electron chi connectivity index (χ1n) is 23.7. The molecule has 0 radical (unpaired) electrons. The lowest BCUT2D eigenvalue weighted by Gasteiger charge is -2.28. The van der Waals surface area contributed by atoms with E-state index >= 15 is 0 Å². The van der Waals surface area contributed by atoms with Gasteiger partial charge in [0.1, 0.15) is 54.6 Å². The number of nitrogens with two attached hydrogens (primary N) is 4. The van der Waals surface area contributed by atoms with Crippen LogP contribution in [0.4, 0.5) is 0 Å². The number of rotatable bonds is 34. The number of carbonyl (C=O) groups excluding carboxylic acids is 8. The highest BCUT2D eigenvalue weighted by atomic mass is 16.4. The standard InChI is InChI=1S/C45H71N15O14/c1-23(2)36(44(74)52-20-35(65)66)60-40(70)29(8-6-16-51-45(48)49)55-39(69)30(13-14-34(63)64)56-43(73)33(21-61)59-41(71)31(17-25-9-11-27(62)12-10-25)58-42(72)32(18-26-19-50-22-53-26)57-37(67)24(3)54-38(68)28(47)7-4-5-15-46/h9-12,19,22-24,28-33,36,61-62H,4-8,13-18,20-21,46-47H2,1-3H3,(H,50,53)(H,52,74)(H,54,68)(H,55,69)(H,56,73)(H,57,67)(H,58,72)(H,59,71)(H,60,70)(H,63,64)(H,65,66)(H4,48,49,51)/t24-,28-,29-,30-,31-,32-,33-,36-/m0/s1. The van der Waals surface area contributed by atoms with Gasteiger partial charge in [-0.1, -0.05) is 32.4 Å². The molecule has 0 fully saturated rings. The second kappa shape index (κ2) is 32.2. The van der Waals surface area contributed by atoms with Crippen molar-refractivity contribution in [3.8, 4) is 5.75 Å². The van der Waals surface area contributed by atoms with Gasteiger partial charge in [0, 0.05) is 37.7 Å². The number of amides is 8. The zero-order valence-corrected chi connectivity index (χ0v) is 41.4. The highest BCUT2D eigenvalue weighted by molar-refractivity contribution is 5.98. The van der Waals surface area contributed by atoms with E-state index in [0.717, 1.165) is 0 Å². The number of carboxylic acids is 2. The van der Waals surface area contributed by atoms with Crippen molar-refractivity contribution in [2.75, 3.05) is 26.2 Å². The first-order valence-corrected chi connectivity index (χ1v) is 23.7. The Labute approximate surface area is 426 Å². The maximum atomic E-state index is 14.1. The number of carbonyl (C=O) groups is 10. The summed E-state index contributed by atoms with van der Waals surface area (Å²) in [6.07, 6.45) is 2.31. The summed E-state index contributed by atoms with van der Waals surface area (Å²) in [6, 6.07) is -6.04. The molecule has 1 aromatic heterocycles. The lowest BCUT2D eigenvalue weighted by Crippen LogP contribution is -2.61. The predicted molar refractivity (Wildman–Crippen MR) is 264 cm³/mol. The second-order valence-corrected chi connectivity index (χ2v) is 17.5. The van der Waals surface area contributed by atoms with Gasteiger partial charge in [-0.3, -0.25) is 52.9 Å². The van der Waals surface area contributed by atoms with Crippen LogP contribution in [0.25, 0.3) is 0 Å². The maximum Gasteiger partial charge on any atom is 0.322 e. The molecule has 0 aliphatic heterocycles. The number of nitrogens with zero attached hydrogens (tertiary/aromatic N) is 2. The number of guanidine groups is 1. The van der Waals surface area contributed by atoms with Crippen molar-refractivity contribution in [2.24, 2.45) is 33.8 Å². The van der Waals surface area contributed by atoms with Crippen LogP contribution in [0.1, 0.15) is 77.0 Å². The first kappa shape index (κ1) is 62.2. The number of benzene rings is 1. The molecule has 2 aromatic rings. The van der Waals surface area contributed by atoms with Crippen LogP contribution in [-0.2, 0) is 60.8 Å². The number of H-pyrrole nitrogens is 1. The zero-order valence-electron chi connectivity index (χ0n) is 41.4. The molecule has 0 saturated carbocycles. The summed E-state index contributed by atoms with van der Waals surface area (Å²) in [4.78, 5) is 142. The molecule has 1 aromatic carbocycles. The number of unbranched alkanes of at least 4 members (excludes halogenated alkanes) is 1. The third-order valence-corrected chi connectivity index (χ3v) is 11.0. The minimum absolute atomic E-state index is 0.0234. The Bertz CT molecular complexity index is 2230. The average molecular weight is 1050 g/mol. The number of aromatic nitrogens is 2. The number of phenols is 1. The van der Waals surface area contributed by atoms with Crippen molar-refractivity contribution >= 4 is 65.2 Å². The fourth-order valence-corrected chi connectivity index (χ4v) is 6.88. The van der Waals surface area contributed by atoms with Crippen LogP contribution in [0.2, 0.25) is 0 Å².